The number of anilines is 2. The highest BCUT2D eigenvalue weighted by Crippen LogP contribution is 2.34. The number of ether oxygens (including phenoxy) is 1. The summed E-state index contributed by atoms with van der Waals surface area (Å²) in [7, 11) is 4.80. The van der Waals surface area contributed by atoms with Crippen LogP contribution in [0.4, 0.5) is 17.3 Å². The van der Waals surface area contributed by atoms with E-state index in [2.05, 4.69) is 15.4 Å². The van der Waals surface area contributed by atoms with E-state index in [0.29, 0.717) is 25.9 Å². The number of piperidine rings is 1. The highest BCUT2D eigenvalue weighted by atomic mass is 16.6. The van der Waals surface area contributed by atoms with Crippen molar-refractivity contribution in [1.29, 1.82) is 0 Å². The maximum atomic E-state index is 11.6. The summed E-state index contributed by atoms with van der Waals surface area (Å²) in [5.74, 6) is -0.00827. The summed E-state index contributed by atoms with van der Waals surface area (Å²) in [6, 6.07) is 0. The first-order chi connectivity index (χ1) is 10.9. The molecule has 0 atom stereocenters. The van der Waals surface area contributed by atoms with Gasteiger partial charge in [-0.15, -0.1) is 0 Å². The summed E-state index contributed by atoms with van der Waals surface area (Å²) in [5, 5.41) is 13.0. The topological polar surface area (TPSA) is 114 Å². The van der Waals surface area contributed by atoms with Crippen LogP contribution in [0.25, 0.3) is 0 Å². The van der Waals surface area contributed by atoms with Crippen LogP contribution in [-0.2, 0) is 9.53 Å². The highest BCUT2D eigenvalue weighted by molar-refractivity contribution is 5.73. The fourth-order valence-corrected chi connectivity index (χ4v) is 2.56. The molecule has 0 amide bonds. The van der Waals surface area contributed by atoms with E-state index < -0.39 is 4.92 Å². The monoisotopic (exact) mass is 324 g/mol. The van der Waals surface area contributed by atoms with Crippen molar-refractivity contribution in [3.63, 3.8) is 0 Å². The van der Waals surface area contributed by atoms with Crippen molar-refractivity contribution >= 4 is 23.3 Å². The van der Waals surface area contributed by atoms with Gasteiger partial charge in [-0.05, 0) is 12.8 Å². The van der Waals surface area contributed by atoms with Crippen LogP contribution in [0.1, 0.15) is 12.8 Å². The minimum atomic E-state index is -0.492. The van der Waals surface area contributed by atoms with Crippen molar-refractivity contribution in [2.75, 3.05) is 44.6 Å². The van der Waals surface area contributed by atoms with Gasteiger partial charge in [-0.2, -0.15) is 0 Å². The van der Waals surface area contributed by atoms with Crippen molar-refractivity contribution in [2.45, 2.75) is 12.8 Å². The molecule has 10 nitrogen and oxygen atoms in total. The molecule has 126 valence electrons. The third-order valence-corrected chi connectivity index (χ3v) is 3.64. The molecule has 1 N–H and O–H groups in total. The zero-order valence-electron chi connectivity index (χ0n) is 13.4. The summed E-state index contributed by atoms with van der Waals surface area (Å²) >= 11 is 0. The van der Waals surface area contributed by atoms with Crippen molar-refractivity contribution in [2.24, 2.45) is 5.92 Å². The van der Waals surface area contributed by atoms with Crippen LogP contribution in [0, 0.1) is 16.0 Å². The van der Waals surface area contributed by atoms with Crippen LogP contribution in [0.3, 0.4) is 0 Å². The molecule has 0 radical (unpaired) electrons. The maximum absolute atomic E-state index is 11.6. The summed E-state index contributed by atoms with van der Waals surface area (Å²) < 4.78 is 4.75. The van der Waals surface area contributed by atoms with Crippen molar-refractivity contribution < 1.29 is 14.5 Å². The minimum Gasteiger partial charge on any atom is -0.469 e. The predicted molar refractivity (Wildman–Crippen MR) is 82.9 cm³/mol. The number of nitrogens with one attached hydrogen (secondary N) is 1. The van der Waals surface area contributed by atoms with E-state index in [1.165, 1.54) is 13.4 Å². The van der Waals surface area contributed by atoms with Gasteiger partial charge in [0, 0.05) is 27.2 Å². The molecule has 0 bridgehead atoms. The van der Waals surface area contributed by atoms with Gasteiger partial charge >= 0.3 is 11.7 Å². The second-order valence-electron chi connectivity index (χ2n) is 5.44. The van der Waals surface area contributed by atoms with Gasteiger partial charge in [0.15, 0.2) is 0 Å². The molecule has 1 aromatic heterocycles. The number of methoxy groups -OCH3 is 1. The molecule has 0 unspecified atom stereocenters. The SMILES string of the molecule is COC(=O)C1CCN(c2ncnc(NN(C)C)c2[N+](=O)[O-])CC1. The second kappa shape index (κ2) is 7.18. The molecular formula is C13H20N6O4. The average molecular weight is 324 g/mol. The lowest BCUT2D eigenvalue weighted by Gasteiger charge is -2.31. The number of carbonyl (C=O) groups is 1. The van der Waals surface area contributed by atoms with Crippen LogP contribution < -0.4 is 10.3 Å². The Labute approximate surface area is 133 Å². The molecule has 1 saturated heterocycles. The second-order valence-corrected chi connectivity index (χ2v) is 5.44. The zero-order valence-corrected chi connectivity index (χ0v) is 13.4. The number of aromatic nitrogens is 2. The van der Waals surface area contributed by atoms with E-state index in [4.69, 9.17) is 4.74 Å². The Bertz CT molecular complexity index is 586. The van der Waals surface area contributed by atoms with Crippen molar-refractivity contribution in [3.8, 4) is 0 Å². The number of nitrogens with zero attached hydrogens (tertiary/aromatic N) is 5. The predicted octanol–water partition coefficient (Wildman–Crippen LogP) is 0.663. The maximum Gasteiger partial charge on any atom is 0.354 e. The first-order valence-corrected chi connectivity index (χ1v) is 7.20. The van der Waals surface area contributed by atoms with E-state index in [0.717, 1.165) is 0 Å². The Morgan fingerprint density at radius 3 is 2.61 bits per heavy atom. The number of hydrogen-bond donors (Lipinski definition) is 1. The van der Waals surface area contributed by atoms with E-state index in [1.54, 1.807) is 24.0 Å². The number of hydrazine groups is 1. The molecule has 1 aliphatic heterocycles. The molecule has 1 fully saturated rings. The largest absolute Gasteiger partial charge is 0.469 e. The average Bonchev–Trinajstić information content (AvgIpc) is 2.53. The summed E-state index contributed by atoms with van der Waals surface area (Å²) in [5.41, 5.74) is 2.64. The third kappa shape index (κ3) is 3.83. The Kier molecular flexibility index (Phi) is 5.27. The number of nitro groups is 1. The fraction of sp³-hybridized carbons (Fsp3) is 0.615. The fourth-order valence-electron chi connectivity index (χ4n) is 2.56. The van der Waals surface area contributed by atoms with Gasteiger partial charge in [-0.25, -0.2) is 15.0 Å². The van der Waals surface area contributed by atoms with E-state index in [-0.39, 0.29) is 29.2 Å². The van der Waals surface area contributed by atoms with Crippen LogP contribution in [0.5, 0.6) is 0 Å². The molecule has 0 spiro atoms. The molecule has 0 aromatic carbocycles. The lowest BCUT2D eigenvalue weighted by atomic mass is 9.97. The molecule has 1 aromatic rings. The Balaban J connectivity index is 2.23. The zero-order chi connectivity index (χ0) is 17.0. The van der Waals surface area contributed by atoms with Crippen LogP contribution in [0.15, 0.2) is 6.33 Å². The number of carbonyl (C=O) groups excluding carboxylic acids is 1. The smallest absolute Gasteiger partial charge is 0.354 e. The van der Waals surface area contributed by atoms with Gasteiger partial charge in [0.1, 0.15) is 6.33 Å². The van der Waals surface area contributed by atoms with Gasteiger partial charge < -0.3 is 9.64 Å². The Morgan fingerprint density at radius 2 is 2.09 bits per heavy atom. The van der Waals surface area contributed by atoms with Gasteiger partial charge in [-0.1, -0.05) is 0 Å². The highest BCUT2D eigenvalue weighted by Gasteiger charge is 2.32. The van der Waals surface area contributed by atoms with Crippen LogP contribution >= 0.6 is 0 Å². The number of hydrogen-bond acceptors (Lipinski definition) is 9. The van der Waals surface area contributed by atoms with Gasteiger partial charge in [0.05, 0.1) is 18.0 Å². The summed E-state index contributed by atoms with van der Waals surface area (Å²) in [4.78, 5) is 32.4. The summed E-state index contributed by atoms with van der Waals surface area (Å²) in [6.07, 6.45) is 2.44. The van der Waals surface area contributed by atoms with Crippen molar-refractivity contribution in [1.82, 2.24) is 15.0 Å². The van der Waals surface area contributed by atoms with Crippen molar-refractivity contribution in [3.05, 3.63) is 16.4 Å². The first kappa shape index (κ1) is 16.9. The van der Waals surface area contributed by atoms with Crippen LogP contribution in [0.2, 0.25) is 0 Å². The normalized spacial score (nSPS) is 15.6. The lowest BCUT2D eigenvalue weighted by Crippen LogP contribution is -2.37. The molecule has 1 aliphatic rings. The lowest BCUT2D eigenvalue weighted by molar-refractivity contribution is -0.383. The van der Waals surface area contributed by atoms with Gasteiger partial charge in [0.25, 0.3) is 0 Å². The van der Waals surface area contributed by atoms with Gasteiger partial charge in [0.2, 0.25) is 11.6 Å². The number of rotatable bonds is 5. The minimum absolute atomic E-state index is 0.139. The standard InChI is InChI=1S/C13H20N6O4/c1-17(2)16-11-10(19(21)22)12(15-8-14-11)18-6-4-9(5-7-18)13(20)23-3/h8-9H,4-7H2,1-3H3,(H,14,15,16). The van der Waals surface area contributed by atoms with Crippen LogP contribution in [-0.4, -0.2) is 60.2 Å². The van der Waals surface area contributed by atoms with E-state index >= 15 is 0 Å². The summed E-state index contributed by atoms with van der Waals surface area (Å²) in [6.45, 7) is 0.998. The van der Waals surface area contributed by atoms with Gasteiger partial charge in [-0.3, -0.25) is 20.3 Å². The Hall–Kier alpha value is -2.49. The quantitative estimate of drug-likeness (QED) is 0.474. The molecule has 2 rings (SSSR count). The molecule has 23 heavy (non-hydrogen) atoms. The number of esters is 1. The van der Waals surface area contributed by atoms with E-state index in [1.807, 2.05) is 0 Å². The molecular weight excluding hydrogens is 304 g/mol. The molecule has 2 heterocycles. The third-order valence-electron chi connectivity index (χ3n) is 3.64. The van der Waals surface area contributed by atoms with E-state index in [9.17, 15) is 14.9 Å². The molecule has 0 saturated carbocycles. The first-order valence-electron chi connectivity index (χ1n) is 7.20. The Morgan fingerprint density at radius 1 is 1.43 bits per heavy atom. The molecule has 10 heteroatoms. The molecule has 0 aliphatic carbocycles.